The van der Waals surface area contributed by atoms with Gasteiger partial charge in [-0.3, -0.25) is 0 Å². The van der Waals surface area contributed by atoms with Crippen molar-refractivity contribution < 1.29 is 4.39 Å². The summed E-state index contributed by atoms with van der Waals surface area (Å²) in [5.74, 6) is -0.160. The second-order valence-electron chi connectivity index (χ2n) is 3.83. The fraction of sp³-hybridized carbons (Fsp3) is 0.231. The van der Waals surface area contributed by atoms with Crippen LogP contribution in [0.1, 0.15) is 15.3 Å². The van der Waals surface area contributed by atoms with Crippen LogP contribution in [-0.4, -0.2) is 0 Å². The molecule has 0 fully saturated rings. The Bertz CT molecular complexity index is 490. The van der Waals surface area contributed by atoms with E-state index in [2.05, 4.69) is 24.4 Å². The molecule has 0 bridgehead atoms. The first-order chi connectivity index (χ1) is 7.65. The Balaban J connectivity index is 2.02. The van der Waals surface area contributed by atoms with Crippen molar-refractivity contribution in [2.24, 2.45) is 0 Å². The smallest absolute Gasteiger partial charge is 0.128 e. The normalized spacial score (nSPS) is 10.4. The average molecular weight is 235 g/mol. The molecule has 3 heteroatoms. The van der Waals surface area contributed by atoms with Crippen molar-refractivity contribution in [1.29, 1.82) is 0 Å². The lowest BCUT2D eigenvalue weighted by Crippen LogP contribution is -1.98. The Morgan fingerprint density at radius 2 is 2.00 bits per heavy atom. The molecular formula is C13H14FNS. The molecule has 0 atom stereocenters. The fourth-order valence-electron chi connectivity index (χ4n) is 1.47. The van der Waals surface area contributed by atoms with Gasteiger partial charge in [-0.1, -0.05) is 6.07 Å². The Hall–Kier alpha value is -1.35. The molecule has 16 heavy (non-hydrogen) atoms. The maximum absolute atomic E-state index is 13.3. The summed E-state index contributed by atoms with van der Waals surface area (Å²) in [6.45, 7) is 4.60. The van der Waals surface area contributed by atoms with Crippen molar-refractivity contribution in [2.45, 2.75) is 20.4 Å². The van der Waals surface area contributed by atoms with E-state index in [1.54, 1.807) is 24.3 Å². The molecule has 0 unspecified atom stereocenters. The monoisotopic (exact) mass is 235 g/mol. The molecule has 0 saturated carbocycles. The molecule has 1 N–H and O–H groups in total. The van der Waals surface area contributed by atoms with Gasteiger partial charge in [-0.25, -0.2) is 4.39 Å². The number of anilines is 1. The number of hydrogen-bond acceptors (Lipinski definition) is 2. The van der Waals surface area contributed by atoms with Gasteiger partial charge in [0.2, 0.25) is 0 Å². The van der Waals surface area contributed by atoms with E-state index in [1.165, 1.54) is 15.8 Å². The Kier molecular flexibility index (Phi) is 3.25. The van der Waals surface area contributed by atoms with Crippen LogP contribution in [0.4, 0.5) is 10.1 Å². The van der Waals surface area contributed by atoms with Gasteiger partial charge in [0, 0.05) is 22.0 Å². The van der Waals surface area contributed by atoms with E-state index in [1.807, 2.05) is 6.07 Å². The largest absolute Gasteiger partial charge is 0.380 e. The van der Waals surface area contributed by atoms with Crippen LogP contribution in [-0.2, 0) is 6.54 Å². The second kappa shape index (κ2) is 4.66. The van der Waals surface area contributed by atoms with Gasteiger partial charge >= 0.3 is 0 Å². The average Bonchev–Trinajstić information content (AvgIpc) is 2.66. The molecule has 1 aromatic carbocycles. The summed E-state index contributed by atoms with van der Waals surface area (Å²) >= 11 is 1.76. The number of aryl methyl sites for hydroxylation is 2. The summed E-state index contributed by atoms with van der Waals surface area (Å²) in [5.41, 5.74) is 1.51. The predicted octanol–water partition coefficient (Wildman–Crippen LogP) is 4.12. The first kappa shape index (κ1) is 11.1. The van der Waals surface area contributed by atoms with Crippen LogP contribution in [0.5, 0.6) is 0 Å². The number of nitrogens with one attached hydrogen (secondary N) is 1. The summed E-state index contributed by atoms with van der Waals surface area (Å²) in [5, 5.41) is 3.21. The molecule has 0 spiro atoms. The molecule has 0 aliphatic carbocycles. The van der Waals surface area contributed by atoms with Crippen LogP contribution in [0, 0.1) is 19.7 Å². The van der Waals surface area contributed by atoms with E-state index in [-0.39, 0.29) is 5.82 Å². The van der Waals surface area contributed by atoms with E-state index in [4.69, 9.17) is 0 Å². The van der Waals surface area contributed by atoms with Crippen molar-refractivity contribution >= 4 is 17.0 Å². The van der Waals surface area contributed by atoms with Gasteiger partial charge in [0.15, 0.2) is 0 Å². The second-order valence-corrected chi connectivity index (χ2v) is 5.20. The van der Waals surface area contributed by atoms with Gasteiger partial charge < -0.3 is 5.32 Å². The maximum atomic E-state index is 13.3. The van der Waals surface area contributed by atoms with Crippen molar-refractivity contribution in [2.75, 3.05) is 5.32 Å². The Morgan fingerprint density at radius 1 is 1.19 bits per heavy atom. The summed E-state index contributed by atoms with van der Waals surface area (Å²) in [6, 6.07) is 9.42. The highest BCUT2D eigenvalue weighted by molar-refractivity contribution is 7.11. The first-order valence-corrected chi connectivity index (χ1v) is 6.02. The highest BCUT2D eigenvalue weighted by atomic mass is 32.1. The number of rotatable bonds is 3. The van der Waals surface area contributed by atoms with Crippen LogP contribution in [0.2, 0.25) is 0 Å². The third-order valence-electron chi connectivity index (χ3n) is 2.43. The molecule has 84 valence electrons. The summed E-state index contributed by atoms with van der Waals surface area (Å²) < 4.78 is 13.3. The predicted molar refractivity (Wildman–Crippen MR) is 67.5 cm³/mol. The van der Waals surface area contributed by atoms with Crippen LogP contribution in [0.3, 0.4) is 0 Å². The van der Waals surface area contributed by atoms with Gasteiger partial charge in [-0.2, -0.15) is 0 Å². The van der Waals surface area contributed by atoms with E-state index in [0.29, 0.717) is 5.56 Å². The molecule has 1 heterocycles. The molecule has 2 aromatic rings. The minimum Gasteiger partial charge on any atom is -0.380 e. The SMILES string of the molecule is Cc1ccc(CNc2ccc(C)c(F)c2)s1. The highest BCUT2D eigenvalue weighted by Gasteiger charge is 2.00. The fourth-order valence-corrected chi connectivity index (χ4v) is 2.30. The molecule has 0 saturated heterocycles. The number of halogens is 1. The van der Waals surface area contributed by atoms with Crippen molar-refractivity contribution in [3.63, 3.8) is 0 Å². The molecule has 0 amide bonds. The highest BCUT2D eigenvalue weighted by Crippen LogP contribution is 2.18. The molecule has 0 aliphatic heterocycles. The van der Waals surface area contributed by atoms with Gasteiger partial charge in [0.1, 0.15) is 5.82 Å². The lowest BCUT2D eigenvalue weighted by atomic mass is 10.2. The van der Waals surface area contributed by atoms with Crippen molar-refractivity contribution in [1.82, 2.24) is 0 Å². The lowest BCUT2D eigenvalue weighted by molar-refractivity contribution is 0.619. The van der Waals surface area contributed by atoms with Crippen LogP contribution in [0.15, 0.2) is 30.3 Å². The van der Waals surface area contributed by atoms with Crippen LogP contribution < -0.4 is 5.32 Å². The zero-order chi connectivity index (χ0) is 11.5. The molecule has 1 aromatic heterocycles. The zero-order valence-corrected chi connectivity index (χ0v) is 10.2. The van der Waals surface area contributed by atoms with Crippen molar-refractivity contribution in [3.05, 3.63) is 51.5 Å². The van der Waals surface area contributed by atoms with E-state index in [0.717, 1.165) is 12.2 Å². The number of hydrogen-bond donors (Lipinski definition) is 1. The van der Waals surface area contributed by atoms with Gasteiger partial charge in [0.25, 0.3) is 0 Å². The summed E-state index contributed by atoms with van der Waals surface area (Å²) in [7, 11) is 0. The lowest BCUT2D eigenvalue weighted by Gasteiger charge is -2.05. The Morgan fingerprint density at radius 3 is 2.62 bits per heavy atom. The molecule has 1 nitrogen and oxygen atoms in total. The molecule has 0 radical (unpaired) electrons. The third-order valence-corrected chi connectivity index (χ3v) is 3.44. The van der Waals surface area contributed by atoms with Gasteiger partial charge in [0.05, 0.1) is 0 Å². The summed E-state index contributed by atoms with van der Waals surface area (Å²) in [4.78, 5) is 2.56. The topological polar surface area (TPSA) is 12.0 Å². The molecule has 0 aliphatic rings. The minimum absolute atomic E-state index is 0.160. The Labute approximate surface area is 98.9 Å². The minimum atomic E-state index is -0.160. The van der Waals surface area contributed by atoms with Crippen LogP contribution >= 0.6 is 11.3 Å². The summed E-state index contributed by atoms with van der Waals surface area (Å²) in [6.07, 6.45) is 0. The quantitative estimate of drug-likeness (QED) is 0.844. The molecule has 2 rings (SSSR count). The van der Waals surface area contributed by atoms with E-state index < -0.39 is 0 Å². The maximum Gasteiger partial charge on any atom is 0.128 e. The third kappa shape index (κ3) is 2.61. The number of thiophene rings is 1. The number of benzene rings is 1. The first-order valence-electron chi connectivity index (χ1n) is 5.20. The van der Waals surface area contributed by atoms with Gasteiger partial charge in [-0.05, 0) is 43.7 Å². The van der Waals surface area contributed by atoms with Crippen molar-refractivity contribution in [3.8, 4) is 0 Å². The standard InChI is InChI=1S/C13H14FNS/c1-9-3-5-11(7-13(9)14)15-8-12-6-4-10(2)16-12/h3-7,15H,8H2,1-2H3. The molecular weight excluding hydrogens is 221 g/mol. The zero-order valence-electron chi connectivity index (χ0n) is 9.38. The van der Waals surface area contributed by atoms with Crippen LogP contribution in [0.25, 0.3) is 0 Å². The van der Waals surface area contributed by atoms with E-state index >= 15 is 0 Å². The van der Waals surface area contributed by atoms with E-state index in [9.17, 15) is 4.39 Å². The van der Waals surface area contributed by atoms with Gasteiger partial charge in [-0.15, -0.1) is 11.3 Å².